The van der Waals surface area contributed by atoms with Gasteiger partial charge in [0, 0.05) is 0 Å². The average molecular weight is 339 g/mol. The zero-order valence-corrected chi connectivity index (χ0v) is 14.6. The van der Waals surface area contributed by atoms with Crippen molar-refractivity contribution in [1.29, 1.82) is 0 Å². The van der Waals surface area contributed by atoms with Crippen molar-refractivity contribution in [2.75, 3.05) is 11.5 Å². The van der Waals surface area contributed by atoms with Crippen LogP contribution < -0.4 is 9.64 Å². The van der Waals surface area contributed by atoms with Crippen LogP contribution in [0.5, 0.6) is 5.75 Å². The molecule has 1 N–H and O–H groups in total. The molecule has 0 spiro atoms. The number of ether oxygens (including phenoxy) is 1. The van der Waals surface area contributed by atoms with Gasteiger partial charge in [-0.25, -0.2) is 4.79 Å². The van der Waals surface area contributed by atoms with Gasteiger partial charge in [0.1, 0.15) is 5.75 Å². The lowest BCUT2D eigenvalue weighted by Crippen LogP contribution is -2.38. The fourth-order valence-corrected chi connectivity index (χ4v) is 2.80. The maximum absolute atomic E-state index is 12.3. The van der Waals surface area contributed by atoms with E-state index in [-0.39, 0.29) is 23.5 Å². The van der Waals surface area contributed by atoms with Crippen LogP contribution in [-0.2, 0) is 16.8 Å². The molecule has 0 saturated carbocycles. The lowest BCUT2D eigenvalue weighted by atomic mass is 9.87. The Kier molecular flexibility index (Phi) is 4.25. The minimum atomic E-state index is -1.02. The first kappa shape index (κ1) is 17.0. The van der Waals surface area contributed by atoms with Crippen LogP contribution in [0.1, 0.15) is 42.3 Å². The summed E-state index contributed by atoms with van der Waals surface area (Å²) in [5.74, 6) is -0.742. The third-order valence-electron chi connectivity index (χ3n) is 4.31. The van der Waals surface area contributed by atoms with E-state index in [1.807, 2.05) is 12.1 Å². The van der Waals surface area contributed by atoms with E-state index in [1.54, 1.807) is 11.0 Å². The van der Waals surface area contributed by atoms with Gasteiger partial charge in [-0.05, 0) is 34.7 Å². The van der Waals surface area contributed by atoms with E-state index in [0.29, 0.717) is 18.0 Å². The minimum Gasteiger partial charge on any atom is -0.482 e. The second kappa shape index (κ2) is 6.24. The van der Waals surface area contributed by atoms with Gasteiger partial charge in [0.25, 0.3) is 5.91 Å². The van der Waals surface area contributed by atoms with Crippen LogP contribution in [0.4, 0.5) is 5.69 Å². The van der Waals surface area contributed by atoms with Gasteiger partial charge in [-0.1, -0.05) is 45.0 Å². The number of benzene rings is 2. The number of hydrogen-bond donors (Lipinski definition) is 1. The van der Waals surface area contributed by atoms with Gasteiger partial charge in [-0.3, -0.25) is 4.79 Å². The smallest absolute Gasteiger partial charge is 0.335 e. The molecule has 2 aromatic rings. The Morgan fingerprint density at radius 3 is 2.44 bits per heavy atom. The number of carbonyl (C=O) groups is 2. The first-order chi connectivity index (χ1) is 11.8. The molecule has 1 aliphatic heterocycles. The van der Waals surface area contributed by atoms with Crippen LogP contribution in [0.2, 0.25) is 0 Å². The first-order valence-electron chi connectivity index (χ1n) is 8.15. The van der Waals surface area contributed by atoms with Crippen LogP contribution in [0.25, 0.3) is 0 Å². The van der Waals surface area contributed by atoms with Gasteiger partial charge < -0.3 is 14.7 Å². The molecule has 0 aromatic heterocycles. The summed E-state index contributed by atoms with van der Waals surface area (Å²) in [6.45, 7) is 6.81. The van der Waals surface area contributed by atoms with Crippen molar-refractivity contribution >= 4 is 17.6 Å². The number of carboxylic acid groups (broad SMARTS) is 1. The summed E-state index contributed by atoms with van der Waals surface area (Å²) >= 11 is 0. The monoisotopic (exact) mass is 339 g/mol. The summed E-state index contributed by atoms with van der Waals surface area (Å²) in [5, 5.41) is 9.10. The fourth-order valence-electron chi connectivity index (χ4n) is 2.80. The maximum atomic E-state index is 12.3. The van der Waals surface area contributed by atoms with Crippen molar-refractivity contribution in [1.82, 2.24) is 0 Å². The Bertz CT molecular complexity index is 819. The molecule has 1 aliphatic rings. The highest BCUT2D eigenvalue weighted by atomic mass is 16.5. The summed E-state index contributed by atoms with van der Waals surface area (Å²) in [4.78, 5) is 25.0. The lowest BCUT2D eigenvalue weighted by molar-refractivity contribution is -0.121. The van der Waals surface area contributed by atoms with Gasteiger partial charge >= 0.3 is 5.97 Å². The lowest BCUT2D eigenvalue weighted by Gasteiger charge is -2.30. The van der Waals surface area contributed by atoms with Crippen LogP contribution in [0.15, 0.2) is 42.5 Å². The molecule has 5 nitrogen and oxygen atoms in total. The largest absolute Gasteiger partial charge is 0.482 e. The second-order valence-electron chi connectivity index (χ2n) is 7.20. The molecule has 3 rings (SSSR count). The number of nitrogens with zero attached hydrogens (tertiary/aromatic N) is 1. The Morgan fingerprint density at radius 2 is 1.84 bits per heavy atom. The molecule has 0 atom stereocenters. The quantitative estimate of drug-likeness (QED) is 0.928. The highest BCUT2D eigenvalue weighted by molar-refractivity contribution is 5.99. The Morgan fingerprint density at radius 1 is 1.16 bits per heavy atom. The molecule has 1 amide bonds. The number of hydrogen-bond acceptors (Lipinski definition) is 3. The normalized spacial score (nSPS) is 14.0. The predicted molar refractivity (Wildman–Crippen MR) is 95.2 cm³/mol. The standard InChI is InChI=1S/C20H21NO4/c1-20(2,3)15-7-4-13(5-8-15)11-21-16-9-6-14(19(23)24)10-17(16)25-12-18(21)22/h4-10H,11-12H2,1-3H3,(H,23,24). The second-order valence-corrected chi connectivity index (χ2v) is 7.20. The number of anilines is 1. The van der Waals surface area contributed by atoms with Crippen LogP contribution in [0.3, 0.4) is 0 Å². The number of aromatic carboxylic acids is 1. The molecule has 1 heterocycles. The SMILES string of the molecule is CC(C)(C)c1ccc(CN2C(=O)COc3cc(C(=O)O)ccc32)cc1. The predicted octanol–water partition coefficient (Wildman–Crippen LogP) is 3.61. The van der Waals surface area contributed by atoms with E-state index in [1.165, 1.54) is 17.7 Å². The van der Waals surface area contributed by atoms with Gasteiger partial charge in [-0.15, -0.1) is 0 Å². The average Bonchev–Trinajstić information content (AvgIpc) is 2.56. The Hall–Kier alpha value is -2.82. The molecule has 0 bridgehead atoms. The van der Waals surface area contributed by atoms with Gasteiger partial charge in [0.2, 0.25) is 0 Å². The van der Waals surface area contributed by atoms with Crippen molar-refractivity contribution in [3.05, 3.63) is 59.2 Å². The summed E-state index contributed by atoms with van der Waals surface area (Å²) in [6, 6.07) is 12.8. The fraction of sp³-hybridized carbons (Fsp3) is 0.300. The third kappa shape index (κ3) is 3.50. The van der Waals surface area contributed by atoms with Crippen molar-refractivity contribution in [3.8, 4) is 5.75 Å². The molecule has 0 fully saturated rings. The summed E-state index contributed by atoms with van der Waals surface area (Å²) in [5.41, 5.74) is 3.06. The Balaban J connectivity index is 1.88. The third-order valence-corrected chi connectivity index (χ3v) is 4.31. The van der Waals surface area contributed by atoms with Crippen molar-refractivity contribution in [2.45, 2.75) is 32.7 Å². The molecular weight excluding hydrogens is 318 g/mol. The van der Waals surface area contributed by atoms with Crippen LogP contribution in [0, 0.1) is 0 Å². The molecule has 0 unspecified atom stereocenters. The van der Waals surface area contributed by atoms with Gasteiger partial charge in [-0.2, -0.15) is 0 Å². The van der Waals surface area contributed by atoms with Crippen molar-refractivity contribution in [2.24, 2.45) is 0 Å². The van der Waals surface area contributed by atoms with E-state index in [9.17, 15) is 9.59 Å². The minimum absolute atomic E-state index is 0.0765. The maximum Gasteiger partial charge on any atom is 0.335 e. The van der Waals surface area contributed by atoms with E-state index >= 15 is 0 Å². The van der Waals surface area contributed by atoms with E-state index in [4.69, 9.17) is 9.84 Å². The zero-order valence-electron chi connectivity index (χ0n) is 14.6. The number of fused-ring (bicyclic) bond motifs is 1. The number of carbonyl (C=O) groups excluding carboxylic acids is 1. The summed E-state index contributed by atoms with van der Waals surface area (Å²) < 4.78 is 5.40. The molecule has 5 heteroatoms. The van der Waals surface area contributed by atoms with E-state index < -0.39 is 5.97 Å². The molecule has 0 radical (unpaired) electrons. The number of amides is 1. The number of rotatable bonds is 3. The molecular formula is C20H21NO4. The van der Waals surface area contributed by atoms with Crippen LogP contribution in [-0.4, -0.2) is 23.6 Å². The Labute approximate surface area is 146 Å². The molecule has 0 saturated heterocycles. The summed E-state index contributed by atoms with van der Waals surface area (Å²) in [6.07, 6.45) is 0. The molecule has 130 valence electrons. The molecule has 2 aromatic carbocycles. The molecule has 25 heavy (non-hydrogen) atoms. The van der Waals surface area contributed by atoms with Crippen LogP contribution >= 0.6 is 0 Å². The number of carboxylic acids is 1. The topological polar surface area (TPSA) is 66.8 Å². The van der Waals surface area contributed by atoms with E-state index in [0.717, 1.165) is 5.56 Å². The van der Waals surface area contributed by atoms with Gasteiger partial charge in [0.15, 0.2) is 6.61 Å². The van der Waals surface area contributed by atoms with E-state index in [2.05, 4.69) is 32.9 Å². The van der Waals surface area contributed by atoms with Crippen molar-refractivity contribution < 1.29 is 19.4 Å². The first-order valence-corrected chi connectivity index (χ1v) is 8.15. The highest BCUT2D eigenvalue weighted by Gasteiger charge is 2.26. The zero-order chi connectivity index (χ0) is 18.2. The molecule has 0 aliphatic carbocycles. The van der Waals surface area contributed by atoms with Gasteiger partial charge in [0.05, 0.1) is 17.8 Å². The summed E-state index contributed by atoms with van der Waals surface area (Å²) in [7, 11) is 0. The highest BCUT2D eigenvalue weighted by Crippen LogP contribution is 2.34. The van der Waals surface area contributed by atoms with Crippen molar-refractivity contribution in [3.63, 3.8) is 0 Å².